The minimum Gasteiger partial charge on any atom is -0.380 e. The van der Waals surface area contributed by atoms with Crippen molar-refractivity contribution in [2.45, 2.75) is 83.7 Å². The van der Waals surface area contributed by atoms with Crippen molar-refractivity contribution in [3.63, 3.8) is 0 Å². The first-order valence-electron chi connectivity index (χ1n) is 11.9. The molecule has 10 heteroatoms. The van der Waals surface area contributed by atoms with E-state index in [1.54, 1.807) is 12.3 Å². The molecule has 0 bridgehead atoms. The monoisotopic (exact) mass is 487 g/mol. The Morgan fingerprint density at radius 2 is 1.85 bits per heavy atom. The molecular formula is C23H32F3N3O3S. The van der Waals surface area contributed by atoms with Crippen molar-refractivity contribution in [1.82, 2.24) is 15.0 Å². The van der Waals surface area contributed by atoms with Gasteiger partial charge >= 0.3 is 15.6 Å². The van der Waals surface area contributed by atoms with E-state index in [2.05, 4.69) is 24.2 Å². The third-order valence-corrected chi connectivity index (χ3v) is 11.2. The van der Waals surface area contributed by atoms with Crippen molar-refractivity contribution in [3.05, 3.63) is 24.2 Å². The molecule has 0 aliphatic heterocycles. The molecule has 184 valence electrons. The molecule has 5 rings (SSSR count). The van der Waals surface area contributed by atoms with E-state index in [0.717, 1.165) is 38.5 Å². The lowest BCUT2D eigenvalue weighted by Gasteiger charge is -2.64. The highest BCUT2D eigenvalue weighted by Gasteiger charge is 2.65. The summed E-state index contributed by atoms with van der Waals surface area (Å²) in [7, 11) is -5.67. The van der Waals surface area contributed by atoms with Crippen LogP contribution in [0, 0.1) is 34.0 Å². The molecule has 1 aromatic rings. The predicted molar refractivity (Wildman–Crippen MR) is 115 cm³/mol. The lowest BCUT2D eigenvalue weighted by molar-refractivity contribution is -0.149. The van der Waals surface area contributed by atoms with Crippen LogP contribution in [0.4, 0.5) is 13.2 Å². The minimum absolute atomic E-state index is 0.0112. The highest BCUT2D eigenvalue weighted by atomic mass is 32.2. The molecular weight excluding hydrogens is 455 g/mol. The second-order valence-corrected chi connectivity index (χ2v) is 12.9. The van der Waals surface area contributed by atoms with E-state index in [-0.39, 0.29) is 16.6 Å². The summed E-state index contributed by atoms with van der Waals surface area (Å²) >= 11 is 0. The Kier molecular flexibility index (Phi) is 5.07. The molecule has 7 atom stereocenters. The molecule has 1 heterocycles. The number of hydrogen-bond donors (Lipinski definition) is 0. The van der Waals surface area contributed by atoms with E-state index in [0.29, 0.717) is 36.6 Å². The van der Waals surface area contributed by atoms with E-state index >= 15 is 0 Å². The SMILES string of the molecule is C[C@]12CC[C@H](n3ccnn3)CC1CC[C@@H]1C2CC[C@]2(C)C(OS(=O)(=O)C(F)(F)F)=CC[C@@]12C. The van der Waals surface area contributed by atoms with E-state index in [1.165, 1.54) is 0 Å². The van der Waals surface area contributed by atoms with Gasteiger partial charge in [-0.05, 0) is 86.0 Å². The van der Waals surface area contributed by atoms with Gasteiger partial charge in [0.1, 0.15) is 5.76 Å². The molecule has 33 heavy (non-hydrogen) atoms. The molecule has 4 aliphatic rings. The quantitative estimate of drug-likeness (QED) is 0.409. The van der Waals surface area contributed by atoms with Crippen LogP contribution in [0.2, 0.25) is 0 Å². The maximum atomic E-state index is 13.0. The van der Waals surface area contributed by atoms with E-state index < -0.39 is 21.0 Å². The van der Waals surface area contributed by atoms with Gasteiger partial charge in [-0.1, -0.05) is 26.0 Å². The van der Waals surface area contributed by atoms with Gasteiger partial charge in [0.05, 0.1) is 12.2 Å². The fourth-order valence-electron chi connectivity index (χ4n) is 8.06. The fraction of sp³-hybridized carbons (Fsp3) is 0.826. The van der Waals surface area contributed by atoms with E-state index in [9.17, 15) is 21.6 Å². The lowest BCUT2D eigenvalue weighted by Crippen LogP contribution is -2.57. The van der Waals surface area contributed by atoms with Gasteiger partial charge < -0.3 is 4.18 Å². The number of fused-ring (bicyclic) bond motifs is 5. The zero-order valence-electron chi connectivity index (χ0n) is 19.3. The van der Waals surface area contributed by atoms with Gasteiger partial charge in [-0.2, -0.15) is 21.6 Å². The van der Waals surface area contributed by atoms with Crippen molar-refractivity contribution in [2.75, 3.05) is 0 Å². The van der Waals surface area contributed by atoms with Gasteiger partial charge in [-0.15, -0.1) is 5.10 Å². The van der Waals surface area contributed by atoms with Crippen molar-refractivity contribution in [2.24, 2.45) is 34.0 Å². The number of halogens is 3. The summed E-state index contributed by atoms with van der Waals surface area (Å²) in [5, 5.41) is 8.18. The first-order chi connectivity index (χ1) is 15.3. The van der Waals surface area contributed by atoms with Gasteiger partial charge in [0.15, 0.2) is 0 Å². The molecule has 0 radical (unpaired) electrons. The second-order valence-electron chi connectivity index (χ2n) is 11.3. The Labute approximate surface area is 193 Å². The zero-order chi connectivity index (χ0) is 23.9. The summed E-state index contributed by atoms with van der Waals surface area (Å²) in [6, 6.07) is 0.368. The summed E-state index contributed by atoms with van der Waals surface area (Å²) in [6.07, 6.45) is 12.6. The molecule has 0 N–H and O–H groups in total. The molecule has 3 fully saturated rings. The molecule has 0 aromatic carbocycles. The van der Waals surface area contributed by atoms with E-state index in [4.69, 9.17) is 4.18 Å². The molecule has 0 saturated heterocycles. The standard InChI is InChI=1S/C23H32F3N3O3S/c1-20-9-6-16(29-13-12-27-28-29)14-15(20)4-5-18-17(20)7-10-22(3)19(8-11-21(18,22)2)32-33(30,31)23(24,25)26/h8,12-13,15-18H,4-7,9-11,14H2,1-3H3/t15?,16-,17?,18+,20-,21-,22+/m0/s1. The normalized spacial score (nSPS) is 43.3. The summed E-state index contributed by atoms with van der Waals surface area (Å²) < 4.78 is 69.4. The Morgan fingerprint density at radius 1 is 1.09 bits per heavy atom. The summed E-state index contributed by atoms with van der Waals surface area (Å²) in [4.78, 5) is 0. The molecule has 4 aliphatic carbocycles. The zero-order valence-corrected chi connectivity index (χ0v) is 20.1. The van der Waals surface area contributed by atoms with Crippen LogP contribution in [0.3, 0.4) is 0 Å². The Balaban J connectivity index is 1.39. The molecule has 0 spiro atoms. The number of hydrogen-bond acceptors (Lipinski definition) is 5. The number of alkyl halides is 3. The molecule has 3 saturated carbocycles. The van der Waals surface area contributed by atoms with Gasteiger partial charge in [0, 0.05) is 11.6 Å². The number of nitrogens with zero attached hydrogens (tertiary/aromatic N) is 3. The first kappa shape index (κ1) is 23.2. The predicted octanol–water partition coefficient (Wildman–Crippen LogP) is 5.61. The Morgan fingerprint density at radius 3 is 2.52 bits per heavy atom. The number of rotatable bonds is 3. The molecule has 6 nitrogen and oxygen atoms in total. The van der Waals surface area contributed by atoms with Gasteiger partial charge in [-0.25, -0.2) is 4.68 Å². The first-order valence-corrected chi connectivity index (χ1v) is 13.3. The van der Waals surface area contributed by atoms with Gasteiger partial charge in [0.25, 0.3) is 0 Å². The van der Waals surface area contributed by atoms with Crippen LogP contribution >= 0.6 is 0 Å². The number of aromatic nitrogens is 3. The third-order valence-electron chi connectivity index (χ3n) is 10.3. The molecule has 1 aromatic heterocycles. The Hall–Kier alpha value is -1.58. The average Bonchev–Trinajstić information content (AvgIpc) is 3.35. The molecule has 2 unspecified atom stereocenters. The highest BCUT2D eigenvalue weighted by Crippen LogP contribution is 2.71. The topological polar surface area (TPSA) is 74.1 Å². The maximum absolute atomic E-state index is 13.0. The summed E-state index contributed by atoms with van der Waals surface area (Å²) in [6.45, 7) is 6.46. The highest BCUT2D eigenvalue weighted by molar-refractivity contribution is 7.87. The lowest BCUT2D eigenvalue weighted by atomic mass is 9.41. The third kappa shape index (κ3) is 3.22. The smallest absolute Gasteiger partial charge is 0.380 e. The van der Waals surface area contributed by atoms with Crippen LogP contribution in [-0.4, -0.2) is 28.9 Å². The van der Waals surface area contributed by atoms with Gasteiger partial charge in [-0.3, -0.25) is 0 Å². The number of allylic oxidation sites excluding steroid dienone is 2. The van der Waals surface area contributed by atoms with Crippen LogP contribution in [0.5, 0.6) is 0 Å². The van der Waals surface area contributed by atoms with Crippen LogP contribution < -0.4 is 0 Å². The largest absolute Gasteiger partial charge is 0.534 e. The fourth-order valence-corrected chi connectivity index (χ4v) is 8.64. The van der Waals surface area contributed by atoms with Crippen LogP contribution in [0.1, 0.15) is 78.2 Å². The second kappa shape index (κ2) is 7.21. The van der Waals surface area contributed by atoms with Crippen LogP contribution in [-0.2, 0) is 14.3 Å². The average molecular weight is 488 g/mol. The van der Waals surface area contributed by atoms with Crippen molar-refractivity contribution >= 4 is 10.1 Å². The van der Waals surface area contributed by atoms with Crippen LogP contribution in [0.15, 0.2) is 24.2 Å². The summed E-state index contributed by atoms with van der Waals surface area (Å²) in [5.41, 5.74) is -6.28. The van der Waals surface area contributed by atoms with Crippen LogP contribution in [0.25, 0.3) is 0 Å². The summed E-state index contributed by atoms with van der Waals surface area (Å²) in [5.74, 6) is 1.36. The van der Waals surface area contributed by atoms with Gasteiger partial charge in [0.2, 0.25) is 0 Å². The van der Waals surface area contributed by atoms with E-state index in [1.807, 2.05) is 17.8 Å². The van der Waals surface area contributed by atoms with Crippen molar-refractivity contribution in [1.29, 1.82) is 0 Å². The maximum Gasteiger partial charge on any atom is 0.534 e. The minimum atomic E-state index is -5.67. The van der Waals surface area contributed by atoms with Crippen molar-refractivity contribution < 1.29 is 25.8 Å². The van der Waals surface area contributed by atoms with Crippen molar-refractivity contribution in [3.8, 4) is 0 Å². The Bertz CT molecular complexity index is 1060. The molecule has 0 amide bonds.